The molecule has 1 unspecified atom stereocenters. The molecule has 0 spiro atoms. The molecule has 1 fully saturated rings. The van der Waals surface area contributed by atoms with E-state index in [9.17, 15) is 4.79 Å². The summed E-state index contributed by atoms with van der Waals surface area (Å²) in [7, 11) is 1.63. The first kappa shape index (κ1) is 15.4. The van der Waals surface area contributed by atoms with Crippen molar-refractivity contribution in [1.82, 2.24) is 10.2 Å². The highest BCUT2D eigenvalue weighted by molar-refractivity contribution is 5.78. The third kappa shape index (κ3) is 4.92. The second-order valence-corrected chi connectivity index (χ2v) is 5.26. The number of amides is 1. The lowest BCUT2D eigenvalue weighted by molar-refractivity contribution is -0.131. The highest BCUT2D eigenvalue weighted by Gasteiger charge is 2.25. The first-order chi connectivity index (χ1) is 8.61. The number of hydrogen-bond donors (Lipinski definition) is 2. The largest absolute Gasteiger partial charge is 0.396 e. The number of aliphatic hydroxyl groups excluding tert-OH is 1. The minimum absolute atomic E-state index is 0.0881. The summed E-state index contributed by atoms with van der Waals surface area (Å²) in [5.41, 5.74) is -0.338. The predicted octanol–water partition coefficient (Wildman–Crippen LogP) is 0.376. The number of aliphatic hydroxyl groups is 1. The van der Waals surface area contributed by atoms with Gasteiger partial charge in [-0.25, -0.2) is 0 Å². The van der Waals surface area contributed by atoms with Gasteiger partial charge in [0.2, 0.25) is 5.91 Å². The molecular formula is C13H26N2O3. The zero-order valence-electron chi connectivity index (χ0n) is 11.6. The van der Waals surface area contributed by atoms with Gasteiger partial charge in [-0.15, -0.1) is 0 Å². The van der Waals surface area contributed by atoms with Gasteiger partial charge in [0.05, 0.1) is 13.2 Å². The van der Waals surface area contributed by atoms with Gasteiger partial charge < -0.3 is 20.1 Å². The van der Waals surface area contributed by atoms with Crippen molar-refractivity contribution in [2.24, 2.45) is 0 Å². The average molecular weight is 258 g/mol. The molecule has 0 aromatic rings. The van der Waals surface area contributed by atoms with E-state index in [0.29, 0.717) is 19.6 Å². The van der Waals surface area contributed by atoms with E-state index in [2.05, 4.69) is 5.32 Å². The van der Waals surface area contributed by atoms with E-state index in [4.69, 9.17) is 9.84 Å². The van der Waals surface area contributed by atoms with Crippen LogP contribution in [-0.2, 0) is 9.53 Å². The number of rotatable bonds is 7. The highest BCUT2D eigenvalue weighted by Crippen LogP contribution is 2.11. The fourth-order valence-electron chi connectivity index (χ4n) is 2.32. The number of carbonyl (C=O) groups is 1. The summed E-state index contributed by atoms with van der Waals surface area (Å²) in [6.45, 7) is 4.62. The minimum Gasteiger partial charge on any atom is -0.396 e. The second-order valence-electron chi connectivity index (χ2n) is 5.26. The van der Waals surface area contributed by atoms with Crippen LogP contribution in [0.25, 0.3) is 0 Å². The Labute approximate surface area is 109 Å². The quantitative estimate of drug-likeness (QED) is 0.693. The molecule has 1 aliphatic rings. The molecule has 0 saturated carbocycles. The van der Waals surface area contributed by atoms with Crippen molar-refractivity contribution in [2.75, 3.05) is 40.0 Å². The van der Waals surface area contributed by atoms with Crippen molar-refractivity contribution in [3.8, 4) is 0 Å². The van der Waals surface area contributed by atoms with Gasteiger partial charge in [0.25, 0.3) is 0 Å². The van der Waals surface area contributed by atoms with Gasteiger partial charge in [-0.05, 0) is 32.6 Å². The van der Waals surface area contributed by atoms with Crippen LogP contribution in [0.5, 0.6) is 0 Å². The average Bonchev–Trinajstić information content (AvgIpc) is 2.38. The first-order valence-corrected chi connectivity index (χ1v) is 6.74. The standard InChI is InChI=1S/C13H26N2O3/c1-13(6-9-16,11-18-2)14-10-12(17)15-7-4-3-5-8-15/h14,16H,3-11H2,1-2H3. The molecule has 106 valence electrons. The van der Waals surface area contributed by atoms with E-state index in [1.807, 2.05) is 11.8 Å². The van der Waals surface area contributed by atoms with Gasteiger partial charge in [-0.2, -0.15) is 0 Å². The van der Waals surface area contributed by atoms with Crippen molar-refractivity contribution in [1.29, 1.82) is 0 Å². The molecular weight excluding hydrogens is 232 g/mol. The van der Waals surface area contributed by atoms with Crippen LogP contribution >= 0.6 is 0 Å². The Morgan fingerprint density at radius 3 is 2.61 bits per heavy atom. The van der Waals surface area contributed by atoms with Crippen molar-refractivity contribution in [3.63, 3.8) is 0 Å². The first-order valence-electron chi connectivity index (χ1n) is 6.74. The summed E-state index contributed by atoms with van der Waals surface area (Å²) >= 11 is 0. The van der Waals surface area contributed by atoms with Crippen LogP contribution in [0, 0.1) is 0 Å². The van der Waals surface area contributed by atoms with E-state index >= 15 is 0 Å². The number of piperidine rings is 1. The van der Waals surface area contributed by atoms with Crippen molar-refractivity contribution in [2.45, 2.75) is 38.1 Å². The maximum absolute atomic E-state index is 12.0. The maximum atomic E-state index is 12.0. The Morgan fingerprint density at radius 1 is 1.39 bits per heavy atom. The molecule has 5 heteroatoms. The molecule has 1 rings (SSSR count). The zero-order chi connectivity index (χ0) is 13.4. The van der Waals surface area contributed by atoms with Crippen LogP contribution in [-0.4, -0.2) is 61.4 Å². The smallest absolute Gasteiger partial charge is 0.236 e. The number of nitrogens with zero attached hydrogens (tertiary/aromatic N) is 1. The summed E-state index contributed by atoms with van der Waals surface area (Å²) in [4.78, 5) is 13.9. The monoisotopic (exact) mass is 258 g/mol. The molecule has 1 atom stereocenters. The Bertz CT molecular complexity index is 247. The Hall–Kier alpha value is -0.650. The molecule has 2 N–H and O–H groups in total. The summed E-state index contributed by atoms with van der Waals surface area (Å²) in [5, 5.41) is 12.3. The number of likely N-dealkylation sites (tertiary alicyclic amines) is 1. The molecule has 0 aromatic carbocycles. The topological polar surface area (TPSA) is 61.8 Å². The Morgan fingerprint density at radius 2 is 2.06 bits per heavy atom. The van der Waals surface area contributed by atoms with Gasteiger partial charge in [-0.3, -0.25) is 4.79 Å². The van der Waals surface area contributed by atoms with Crippen LogP contribution in [0.4, 0.5) is 0 Å². The third-order valence-corrected chi connectivity index (χ3v) is 3.50. The van der Waals surface area contributed by atoms with Gasteiger partial charge in [0.15, 0.2) is 0 Å². The minimum atomic E-state index is -0.338. The summed E-state index contributed by atoms with van der Waals surface area (Å²) < 4.78 is 5.14. The summed E-state index contributed by atoms with van der Waals surface area (Å²) in [6, 6.07) is 0. The Balaban J connectivity index is 2.38. The fourth-order valence-corrected chi connectivity index (χ4v) is 2.32. The second kappa shape index (κ2) is 7.71. The number of methoxy groups -OCH3 is 1. The number of nitrogens with one attached hydrogen (secondary N) is 1. The predicted molar refractivity (Wildman–Crippen MR) is 70.4 cm³/mol. The van der Waals surface area contributed by atoms with Gasteiger partial charge >= 0.3 is 0 Å². The van der Waals surface area contributed by atoms with Crippen molar-refractivity contribution in [3.05, 3.63) is 0 Å². The number of ether oxygens (including phenoxy) is 1. The molecule has 0 aliphatic carbocycles. The Kier molecular flexibility index (Phi) is 6.60. The summed E-state index contributed by atoms with van der Waals surface area (Å²) in [6.07, 6.45) is 4.02. The normalized spacial score (nSPS) is 19.6. The van der Waals surface area contributed by atoms with Gasteiger partial charge in [0, 0.05) is 32.3 Å². The molecule has 1 amide bonds. The van der Waals surface area contributed by atoms with Gasteiger partial charge in [-0.1, -0.05) is 0 Å². The van der Waals surface area contributed by atoms with Crippen LogP contribution in [0.3, 0.4) is 0 Å². The number of hydrogen-bond acceptors (Lipinski definition) is 4. The fraction of sp³-hybridized carbons (Fsp3) is 0.923. The molecule has 5 nitrogen and oxygen atoms in total. The lowest BCUT2D eigenvalue weighted by Crippen LogP contribution is -2.51. The highest BCUT2D eigenvalue weighted by atomic mass is 16.5. The molecule has 0 radical (unpaired) electrons. The summed E-state index contributed by atoms with van der Waals surface area (Å²) in [5.74, 6) is 0.148. The molecule has 1 heterocycles. The molecule has 1 aliphatic heterocycles. The lowest BCUT2D eigenvalue weighted by atomic mass is 9.99. The molecule has 1 saturated heterocycles. The molecule has 0 aromatic heterocycles. The number of carbonyl (C=O) groups excluding carboxylic acids is 1. The SMILES string of the molecule is COCC(C)(CCO)NCC(=O)N1CCCCC1. The van der Waals surface area contributed by atoms with E-state index in [1.165, 1.54) is 6.42 Å². The van der Waals surface area contributed by atoms with Crippen LogP contribution in [0.2, 0.25) is 0 Å². The van der Waals surface area contributed by atoms with E-state index < -0.39 is 0 Å². The van der Waals surface area contributed by atoms with E-state index in [0.717, 1.165) is 25.9 Å². The van der Waals surface area contributed by atoms with Gasteiger partial charge in [0.1, 0.15) is 0 Å². The van der Waals surface area contributed by atoms with Crippen molar-refractivity contribution >= 4 is 5.91 Å². The zero-order valence-corrected chi connectivity index (χ0v) is 11.6. The maximum Gasteiger partial charge on any atom is 0.236 e. The molecule has 0 bridgehead atoms. The van der Waals surface area contributed by atoms with Crippen LogP contribution in [0.1, 0.15) is 32.6 Å². The van der Waals surface area contributed by atoms with E-state index in [-0.39, 0.29) is 18.1 Å². The third-order valence-electron chi connectivity index (χ3n) is 3.50. The molecule has 18 heavy (non-hydrogen) atoms. The van der Waals surface area contributed by atoms with Crippen LogP contribution < -0.4 is 5.32 Å². The van der Waals surface area contributed by atoms with Crippen molar-refractivity contribution < 1.29 is 14.6 Å². The van der Waals surface area contributed by atoms with E-state index in [1.54, 1.807) is 7.11 Å². The van der Waals surface area contributed by atoms with Crippen LogP contribution in [0.15, 0.2) is 0 Å². The lowest BCUT2D eigenvalue weighted by Gasteiger charge is -2.32.